The molecule has 0 unspecified atom stereocenters. The molecule has 0 amide bonds. The molecule has 4 heterocycles. The smallest absolute Gasteiger partial charge is 0.353 e. The Morgan fingerprint density at radius 2 is 1.69 bits per heavy atom. The Morgan fingerprint density at radius 3 is 2.42 bits per heavy atom. The van der Waals surface area contributed by atoms with Crippen molar-refractivity contribution >= 4 is 23.2 Å². The molecule has 1 saturated heterocycles. The molecule has 7 nitrogen and oxygen atoms in total. The Labute approximate surface area is 211 Å². The number of anilines is 2. The highest BCUT2D eigenvalue weighted by Gasteiger charge is 2.36. The van der Waals surface area contributed by atoms with Crippen LogP contribution in [0.2, 0.25) is 5.02 Å². The van der Waals surface area contributed by atoms with Crippen LogP contribution in [0.1, 0.15) is 18.3 Å². The lowest BCUT2D eigenvalue weighted by atomic mass is 10.1. The standard InChI is InChI=1S/C25H23ClF3N7/c1-2-21-30-9-10-36(21)24-32-20(17-5-3-6-18(26)15-17)16-22(33-24)34-11-13-35(14-12-34)23-19(25(27,28)29)7-4-8-31-23/h3-10,15-16H,2,11-14H2,1H3. The number of nitrogens with zero attached hydrogens (tertiary/aromatic N) is 7. The number of hydrogen-bond donors (Lipinski definition) is 0. The molecule has 11 heteroatoms. The van der Waals surface area contributed by atoms with Crippen LogP contribution in [-0.2, 0) is 12.6 Å². The minimum Gasteiger partial charge on any atom is -0.353 e. The second-order valence-corrected chi connectivity index (χ2v) is 8.77. The van der Waals surface area contributed by atoms with Crippen molar-refractivity contribution in [3.05, 3.63) is 77.5 Å². The van der Waals surface area contributed by atoms with Gasteiger partial charge in [-0.05, 0) is 24.3 Å². The first-order valence-electron chi connectivity index (χ1n) is 11.5. The lowest BCUT2D eigenvalue weighted by molar-refractivity contribution is -0.137. The van der Waals surface area contributed by atoms with Crippen LogP contribution in [0.5, 0.6) is 0 Å². The monoisotopic (exact) mass is 513 g/mol. The summed E-state index contributed by atoms with van der Waals surface area (Å²) < 4.78 is 42.4. The van der Waals surface area contributed by atoms with E-state index in [-0.39, 0.29) is 5.82 Å². The van der Waals surface area contributed by atoms with E-state index in [1.54, 1.807) is 17.2 Å². The average molecular weight is 514 g/mol. The summed E-state index contributed by atoms with van der Waals surface area (Å²) in [5, 5.41) is 0.593. The van der Waals surface area contributed by atoms with Gasteiger partial charge in [0.25, 0.3) is 0 Å². The van der Waals surface area contributed by atoms with Crippen LogP contribution in [0.4, 0.5) is 24.8 Å². The van der Waals surface area contributed by atoms with Crippen LogP contribution in [0.25, 0.3) is 17.2 Å². The first kappa shape index (κ1) is 24.1. The van der Waals surface area contributed by atoms with Crippen molar-refractivity contribution in [1.82, 2.24) is 24.5 Å². The molecular weight excluding hydrogens is 491 g/mol. The van der Waals surface area contributed by atoms with Gasteiger partial charge in [0, 0.05) is 67.8 Å². The van der Waals surface area contributed by atoms with E-state index in [0.717, 1.165) is 17.5 Å². The van der Waals surface area contributed by atoms with Gasteiger partial charge >= 0.3 is 6.18 Å². The summed E-state index contributed by atoms with van der Waals surface area (Å²) in [6.07, 6.45) is 1.16. The highest BCUT2D eigenvalue weighted by atomic mass is 35.5. The molecular formula is C25H23ClF3N7. The summed E-state index contributed by atoms with van der Waals surface area (Å²) in [7, 11) is 0. The van der Waals surface area contributed by atoms with E-state index in [1.165, 1.54) is 12.3 Å². The summed E-state index contributed by atoms with van der Waals surface area (Å²) in [5.41, 5.74) is 0.811. The van der Waals surface area contributed by atoms with Crippen LogP contribution in [0.3, 0.4) is 0 Å². The molecule has 36 heavy (non-hydrogen) atoms. The second kappa shape index (κ2) is 9.77. The van der Waals surface area contributed by atoms with Crippen LogP contribution in [0.15, 0.2) is 61.1 Å². The van der Waals surface area contributed by atoms with Gasteiger partial charge in [0.2, 0.25) is 5.95 Å². The molecule has 186 valence electrons. The third-order valence-corrected chi connectivity index (χ3v) is 6.30. The third kappa shape index (κ3) is 4.86. The predicted octanol–water partition coefficient (Wildman–Crippen LogP) is 5.29. The second-order valence-electron chi connectivity index (χ2n) is 8.34. The number of alkyl halides is 3. The van der Waals surface area contributed by atoms with Gasteiger partial charge in [-0.1, -0.05) is 30.7 Å². The predicted molar refractivity (Wildman–Crippen MR) is 133 cm³/mol. The highest BCUT2D eigenvalue weighted by Crippen LogP contribution is 2.35. The number of rotatable bonds is 5. The quantitative estimate of drug-likeness (QED) is 0.361. The van der Waals surface area contributed by atoms with Crippen molar-refractivity contribution in [3.8, 4) is 17.2 Å². The molecule has 1 aromatic carbocycles. The Balaban J connectivity index is 1.47. The number of piperazine rings is 1. The van der Waals surface area contributed by atoms with Gasteiger partial charge in [-0.2, -0.15) is 18.2 Å². The first-order valence-corrected chi connectivity index (χ1v) is 11.9. The van der Waals surface area contributed by atoms with E-state index in [2.05, 4.69) is 14.9 Å². The maximum Gasteiger partial charge on any atom is 0.419 e. The van der Waals surface area contributed by atoms with Crippen molar-refractivity contribution < 1.29 is 13.2 Å². The molecule has 5 rings (SSSR count). The fraction of sp³-hybridized carbons (Fsp3) is 0.280. The fourth-order valence-electron chi connectivity index (χ4n) is 4.28. The van der Waals surface area contributed by atoms with Gasteiger partial charge < -0.3 is 9.80 Å². The summed E-state index contributed by atoms with van der Waals surface area (Å²) in [6, 6.07) is 11.7. The summed E-state index contributed by atoms with van der Waals surface area (Å²) in [5.74, 6) is 1.94. The average Bonchev–Trinajstić information content (AvgIpc) is 3.37. The number of aromatic nitrogens is 5. The largest absolute Gasteiger partial charge is 0.419 e. The number of imidazole rings is 1. The minimum atomic E-state index is -4.46. The zero-order chi connectivity index (χ0) is 25.3. The maximum atomic E-state index is 13.5. The van der Waals surface area contributed by atoms with Crippen LogP contribution in [-0.4, -0.2) is 50.7 Å². The molecule has 0 radical (unpaired) electrons. The van der Waals surface area contributed by atoms with E-state index in [4.69, 9.17) is 21.6 Å². The highest BCUT2D eigenvalue weighted by molar-refractivity contribution is 6.30. The fourth-order valence-corrected chi connectivity index (χ4v) is 4.47. The molecule has 3 aromatic heterocycles. The molecule has 1 aliphatic rings. The van der Waals surface area contributed by atoms with Crippen molar-refractivity contribution in [1.29, 1.82) is 0 Å². The molecule has 4 aromatic rings. The minimum absolute atomic E-state index is 0.0429. The lowest BCUT2D eigenvalue weighted by Gasteiger charge is -2.37. The van der Waals surface area contributed by atoms with E-state index in [1.807, 2.05) is 42.0 Å². The van der Waals surface area contributed by atoms with Crippen molar-refractivity contribution in [2.24, 2.45) is 0 Å². The van der Waals surface area contributed by atoms with Gasteiger partial charge in [0.15, 0.2) is 0 Å². The molecule has 1 aliphatic heterocycles. The molecule has 0 aliphatic carbocycles. The normalized spacial score (nSPS) is 14.4. The molecule has 0 saturated carbocycles. The summed E-state index contributed by atoms with van der Waals surface area (Å²) >= 11 is 6.23. The molecule has 0 spiro atoms. The first-order chi connectivity index (χ1) is 17.3. The van der Waals surface area contributed by atoms with Gasteiger partial charge in [-0.25, -0.2) is 15.0 Å². The lowest BCUT2D eigenvalue weighted by Crippen LogP contribution is -2.47. The van der Waals surface area contributed by atoms with Crippen molar-refractivity contribution in [3.63, 3.8) is 0 Å². The Kier molecular flexibility index (Phi) is 6.53. The summed E-state index contributed by atoms with van der Waals surface area (Å²) in [6.45, 7) is 3.70. The number of aryl methyl sites for hydroxylation is 1. The number of halogens is 4. The van der Waals surface area contributed by atoms with Crippen molar-refractivity contribution in [2.75, 3.05) is 36.0 Å². The van der Waals surface area contributed by atoms with Crippen molar-refractivity contribution in [2.45, 2.75) is 19.5 Å². The van der Waals surface area contributed by atoms with Gasteiger partial charge in [-0.15, -0.1) is 0 Å². The Bertz CT molecular complexity index is 1360. The SMILES string of the molecule is CCc1nccn1-c1nc(-c2cccc(Cl)c2)cc(N2CCN(c3ncccc3C(F)(F)F)CC2)n1. The molecule has 0 atom stereocenters. The molecule has 0 bridgehead atoms. The Morgan fingerprint density at radius 1 is 0.917 bits per heavy atom. The molecule has 0 N–H and O–H groups in total. The Hall–Kier alpha value is -3.66. The van der Waals surface area contributed by atoms with E-state index >= 15 is 0 Å². The number of benzene rings is 1. The zero-order valence-corrected chi connectivity index (χ0v) is 20.2. The van der Waals surface area contributed by atoms with Crippen LogP contribution >= 0.6 is 11.6 Å². The van der Waals surface area contributed by atoms with E-state index in [9.17, 15) is 13.2 Å². The van der Waals surface area contributed by atoms with Crippen LogP contribution < -0.4 is 9.80 Å². The van der Waals surface area contributed by atoms with Gasteiger partial charge in [0.05, 0.1) is 11.3 Å². The van der Waals surface area contributed by atoms with E-state index < -0.39 is 11.7 Å². The third-order valence-electron chi connectivity index (χ3n) is 6.07. The van der Waals surface area contributed by atoms with Gasteiger partial charge in [0.1, 0.15) is 17.5 Å². The van der Waals surface area contributed by atoms with E-state index in [0.29, 0.717) is 55.1 Å². The molecule has 1 fully saturated rings. The summed E-state index contributed by atoms with van der Waals surface area (Å²) in [4.78, 5) is 21.7. The van der Waals surface area contributed by atoms with Gasteiger partial charge in [-0.3, -0.25) is 4.57 Å². The maximum absolute atomic E-state index is 13.5. The van der Waals surface area contributed by atoms with Crippen LogP contribution in [0, 0.1) is 0 Å². The topological polar surface area (TPSA) is 63.0 Å². The number of pyridine rings is 1. The number of hydrogen-bond acceptors (Lipinski definition) is 6. The zero-order valence-electron chi connectivity index (χ0n) is 19.5.